The Kier molecular flexibility index (Phi) is 4.42. The highest BCUT2D eigenvalue weighted by atomic mass is 35.5. The highest BCUT2D eigenvalue weighted by Gasteiger charge is 2.08. The summed E-state index contributed by atoms with van der Waals surface area (Å²) in [5.41, 5.74) is 6.51. The van der Waals surface area contributed by atoms with E-state index in [0.29, 0.717) is 34.5 Å². The van der Waals surface area contributed by atoms with Gasteiger partial charge in [-0.15, -0.1) is 0 Å². The number of halogens is 1. The van der Waals surface area contributed by atoms with Gasteiger partial charge in [-0.25, -0.2) is 9.78 Å². The normalized spacial score (nSPS) is 10.1. The minimum absolute atomic E-state index is 0.318. The number of ether oxygens (including phenoxy) is 2. The number of anilines is 1. The van der Waals surface area contributed by atoms with Gasteiger partial charge >= 0.3 is 5.97 Å². The summed E-state index contributed by atoms with van der Waals surface area (Å²) >= 11 is 6.00. The van der Waals surface area contributed by atoms with Crippen molar-refractivity contribution in [2.24, 2.45) is 0 Å². The van der Waals surface area contributed by atoms with E-state index in [4.69, 9.17) is 26.8 Å². The van der Waals surface area contributed by atoms with Crippen molar-refractivity contribution >= 4 is 23.3 Å². The summed E-state index contributed by atoms with van der Waals surface area (Å²) in [6, 6.07) is 8.06. The number of aromatic nitrogens is 1. The third-order valence-corrected chi connectivity index (χ3v) is 2.71. The Balaban J connectivity index is 2.12. The summed E-state index contributed by atoms with van der Waals surface area (Å²) in [5, 5.41) is 0.390. The van der Waals surface area contributed by atoms with Crippen LogP contribution in [0.5, 0.6) is 11.6 Å². The van der Waals surface area contributed by atoms with Gasteiger partial charge in [0, 0.05) is 18.0 Å². The molecule has 0 unspecified atom stereocenters. The fourth-order valence-corrected chi connectivity index (χ4v) is 1.72. The van der Waals surface area contributed by atoms with Gasteiger partial charge < -0.3 is 15.2 Å². The molecule has 2 aromatic rings. The highest BCUT2D eigenvalue weighted by molar-refractivity contribution is 6.32. The molecule has 1 aromatic heterocycles. The van der Waals surface area contributed by atoms with Crippen LogP contribution in [0.3, 0.4) is 0 Å². The van der Waals surface area contributed by atoms with E-state index in [1.54, 1.807) is 37.3 Å². The maximum Gasteiger partial charge on any atom is 0.339 e. The van der Waals surface area contributed by atoms with Crippen LogP contribution < -0.4 is 10.5 Å². The van der Waals surface area contributed by atoms with Crippen LogP contribution in [0.2, 0.25) is 5.02 Å². The Morgan fingerprint density at radius 3 is 2.75 bits per heavy atom. The zero-order valence-electron chi connectivity index (χ0n) is 10.8. The summed E-state index contributed by atoms with van der Waals surface area (Å²) in [6.07, 6.45) is 1.39. The van der Waals surface area contributed by atoms with Gasteiger partial charge in [0.15, 0.2) is 0 Å². The van der Waals surface area contributed by atoms with Crippen LogP contribution in [-0.2, 0) is 4.74 Å². The minimum atomic E-state index is -0.419. The summed E-state index contributed by atoms with van der Waals surface area (Å²) in [5.74, 6) is 0.346. The largest absolute Gasteiger partial charge is 0.462 e. The average molecular weight is 293 g/mol. The molecular formula is C14H13ClN2O3. The molecule has 0 fully saturated rings. The number of pyridine rings is 1. The Bertz CT molecular complexity index is 614. The smallest absolute Gasteiger partial charge is 0.339 e. The van der Waals surface area contributed by atoms with E-state index in [0.717, 1.165) is 0 Å². The van der Waals surface area contributed by atoms with Gasteiger partial charge in [-0.3, -0.25) is 0 Å². The van der Waals surface area contributed by atoms with Crippen molar-refractivity contribution in [3.63, 3.8) is 0 Å². The summed E-state index contributed by atoms with van der Waals surface area (Å²) in [6.45, 7) is 2.06. The second-order valence-corrected chi connectivity index (χ2v) is 4.30. The molecule has 0 amide bonds. The Hall–Kier alpha value is -2.27. The van der Waals surface area contributed by atoms with Crippen LogP contribution in [0.1, 0.15) is 17.3 Å². The zero-order valence-corrected chi connectivity index (χ0v) is 11.6. The first-order chi connectivity index (χ1) is 9.60. The molecule has 0 saturated carbocycles. The zero-order chi connectivity index (χ0) is 14.5. The van der Waals surface area contributed by atoms with Crippen molar-refractivity contribution < 1.29 is 14.3 Å². The fraction of sp³-hybridized carbons (Fsp3) is 0.143. The maximum atomic E-state index is 11.5. The standard InChI is InChI=1S/C14H13ClN2O3/c1-2-19-14(18)9-3-6-13(17-8-9)20-12-5-4-10(16)7-11(12)15/h3-8H,2,16H2,1H3. The Morgan fingerprint density at radius 1 is 1.35 bits per heavy atom. The number of carbonyl (C=O) groups is 1. The molecule has 0 aliphatic carbocycles. The molecule has 20 heavy (non-hydrogen) atoms. The molecule has 0 saturated heterocycles. The SMILES string of the molecule is CCOC(=O)c1ccc(Oc2ccc(N)cc2Cl)nc1. The predicted octanol–water partition coefficient (Wildman–Crippen LogP) is 3.29. The van der Waals surface area contributed by atoms with Gasteiger partial charge in [0.25, 0.3) is 0 Å². The number of hydrogen-bond donors (Lipinski definition) is 1. The van der Waals surface area contributed by atoms with E-state index in [-0.39, 0.29) is 0 Å². The van der Waals surface area contributed by atoms with E-state index in [2.05, 4.69) is 4.98 Å². The van der Waals surface area contributed by atoms with Crippen LogP contribution in [0.15, 0.2) is 36.5 Å². The lowest BCUT2D eigenvalue weighted by Crippen LogP contribution is -2.04. The number of esters is 1. The molecule has 0 aliphatic heterocycles. The number of benzene rings is 1. The Morgan fingerprint density at radius 2 is 2.15 bits per heavy atom. The van der Waals surface area contributed by atoms with E-state index < -0.39 is 5.97 Å². The summed E-state index contributed by atoms with van der Waals surface area (Å²) in [7, 11) is 0. The van der Waals surface area contributed by atoms with Crippen LogP contribution in [0.25, 0.3) is 0 Å². The second kappa shape index (κ2) is 6.25. The first-order valence-corrected chi connectivity index (χ1v) is 6.34. The molecule has 104 valence electrons. The highest BCUT2D eigenvalue weighted by Crippen LogP contribution is 2.29. The molecule has 0 atom stereocenters. The number of rotatable bonds is 4. The fourth-order valence-electron chi connectivity index (χ4n) is 1.49. The molecular weight excluding hydrogens is 280 g/mol. The topological polar surface area (TPSA) is 74.4 Å². The first-order valence-electron chi connectivity index (χ1n) is 5.96. The second-order valence-electron chi connectivity index (χ2n) is 3.90. The lowest BCUT2D eigenvalue weighted by molar-refractivity contribution is 0.0526. The molecule has 0 aliphatic rings. The molecule has 6 heteroatoms. The monoisotopic (exact) mass is 292 g/mol. The Labute approximate surface area is 121 Å². The molecule has 0 spiro atoms. The van der Waals surface area contributed by atoms with Crippen molar-refractivity contribution in [2.75, 3.05) is 12.3 Å². The van der Waals surface area contributed by atoms with Crippen LogP contribution in [0, 0.1) is 0 Å². The van der Waals surface area contributed by atoms with Crippen LogP contribution in [-0.4, -0.2) is 17.6 Å². The van der Waals surface area contributed by atoms with Crippen molar-refractivity contribution in [2.45, 2.75) is 6.92 Å². The van der Waals surface area contributed by atoms with E-state index in [1.807, 2.05) is 0 Å². The number of nitrogens with zero attached hydrogens (tertiary/aromatic N) is 1. The van der Waals surface area contributed by atoms with Crippen molar-refractivity contribution in [3.05, 3.63) is 47.1 Å². The van der Waals surface area contributed by atoms with E-state index in [1.165, 1.54) is 6.20 Å². The van der Waals surface area contributed by atoms with Crippen LogP contribution in [0.4, 0.5) is 5.69 Å². The average Bonchev–Trinajstić information content (AvgIpc) is 2.43. The maximum absolute atomic E-state index is 11.5. The lowest BCUT2D eigenvalue weighted by atomic mass is 10.3. The first kappa shape index (κ1) is 14.1. The van der Waals surface area contributed by atoms with Gasteiger partial charge in [0.2, 0.25) is 5.88 Å². The van der Waals surface area contributed by atoms with Gasteiger partial charge in [-0.2, -0.15) is 0 Å². The van der Waals surface area contributed by atoms with E-state index in [9.17, 15) is 4.79 Å². The molecule has 2 rings (SSSR count). The number of nitrogens with two attached hydrogens (primary N) is 1. The molecule has 5 nitrogen and oxygen atoms in total. The van der Waals surface area contributed by atoms with Gasteiger partial charge in [0.05, 0.1) is 17.2 Å². The van der Waals surface area contributed by atoms with Crippen molar-refractivity contribution in [1.82, 2.24) is 4.98 Å². The molecule has 1 aromatic carbocycles. The summed E-state index contributed by atoms with van der Waals surface area (Å²) < 4.78 is 10.4. The molecule has 0 radical (unpaired) electrons. The number of nitrogen functional groups attached to an aromatic ring is 1. The number of carbonyl (C=O) groups excluding carboxylic acids is 1. The van der Waals surface area contributed by atoms with Gasteiger partial charge in [-0.05, 0) is 31.2 Å². The third-order valence-electron chi connectivity index (χ3n) is 2.42. The molecule has 0 bridgehead atoms. The predicted molar refractivity (Wildman–Crippen MR) is 76.1 cm³/mol. The third kappa shape index (κ3) is 3.39. The quantitative estimate of drug-likeness (QED) is 0.691. The molecule has 1 heterocycles. The van der Waals surface area contributed by atoms with Crippen molar-refractivity contribution in [1.29, 1.82) is 0 Å². The lowest BCUT2D eigenvalue weighted by Gasteiger charge is -2.07. The van der Waals surface area contributed by atoms with Gasteiger partial charge in [0.1, 0.15) is 5.75 Å². The molecule has 2 N–H and O–H groups in total. The minimum Gasteiger partial charge on any atom is -0.462 e. The van der Waals surface area contributed by atoms with Gasteiger partial charge in [-0.1, -0.05) is 11.6 Å². The van der Waals surface area contributed by atoms with E-state index >= 15 is 0 Å². The van der Waals surface area contributed by atoms with Crippen molar-refractivity contribution in [3.8, 4) is 11.6 Å². The van der Waals surface area contributed by atoms with Crippen LogP contribution >= 0.6 is 11.6 Å². The summed E-state index contributed by atoms with van der Waals surface area (Å²) in [4.78, 5) is 15.5. The number of hydrogen-bond acceptors (Lipinski definition) is 5.